The third-order valence-corrected chi connectivity index (χ3v) is 3.06. The first-order valence-electron chi connectivity index (χ1n) is 6.81. The first-order chi connectivity index (χ1) is 8.41. The van der Waals surface area contributed by atoms with Gasteiger partial charge in [-0.15, -0.1) is 0 Å². The van der Waals surface area contributed by atoms with Crippen LogP contribution in [-0.2, 0) is 9.09 Å². The van der Waals surface area contributed by atoms with Crippen molar-refractivity contribution in [1.29, 1.82) is 0 Å². The third-order valence-electron chi connectivity index (χ3n) is 2.58. The molecule has 0 aromatic rings. The highest BCUT2D eigenvalue weighted by Crippen LogP contribution is 2.36. The number of rotatable bonds is 9. The molecule has 112 valence electrons. The number of nitrogens with two attached hydrogens (primary N) is 1. The van der Waals surface area contributed by atoms with Gasteiger partial charge in [-0.25, -0.2) is 4.57 Å². The Balaban J connectivity index is 0. The lowest BCUT2D eigenvalue weighted by atomic mass is 10.0. The summed E-state index contributed by atoms with van der Waals surface area (Å²) >= 11 is 0. The van der Waals surface area contributed by atoms with E-state index in [4.69, 9.17) is 15.5 Å². The van der Waals surface area contributed by atoms with Crippen molar-refractivity contribution in [2.75, 3.05) is 13.2 Å². The molecule has 0 aliphatic carbocycles. The fourth-order valence-electron chi connectivity index (χ4n) is 1.30. The van der Waals surface area contributed by atoms with Crippen LogP contribution in [0.15, 0.2) is 0 Å². The Labute approximate surface area is 111 Å². The fourth-order valence-corrected chi connectivity index (χ4v) is 1.71. The van der Waals surface area contributed by atoms with E-state index in [1.165, 1.54) is 12.8 Å². The highest BCUT2D eigenvalue weighted by atomic mass is 31.2. The number of hydrogen-bond acceptors (Lipinski definition) is 3. The summed E-state index contributed by atoms with van der Waals surface area (Å²) in [5, 5.41) is 0. The molecule has 5 nitrogen and oxygen atoms in total. The van der Waals surface area contributed by atoms with Crippen LogP contribution in [0.1, 0.15) is 59.3 Å². The molecule has 0 saturated heterocycles. The van der Waals surface area contributed by atoms with Gasteiger partial charge in [0.1, 0.15) is 0 Å². The van der Waals surface area contributed by atoms with Crippen molar-refractivity contribution >= 4 is 7.82 Å². The Bertz CT molecular complexity index is 206. The summed E-state index contributed by atoms with van der Waals surface area (Å²) in [5.74, 6) is 0.271. The van der Waals surface area contributed by atoms with Crippen molar-refractivity contribution in [3.63, 3.8) is 0 Å². The van der Waals surface area contributed by atoms with Crippen molar-refractivity contribution in [3.05, 3.63) is 0 Å². The smallest absolute Gasteiger partial charge is 0.330 e. The quantitative estimate of drug-likeness (QED) is 0.565. The molecule has 0 fully saturated rings. The van der Waals surface area contributed by atoms with E-state index in [2.05, 4.69) is 18.4 Å². The summed E-state index contributed by atoms with van der Waals surface area (Å²) in [4.78, 5) is 17.0. The Hall–Kier alpha value is 0.0700. The maximum atomic E-state index is 10.4. The summed E-state index contributed by atoms with van der Waals surface area (Å²) in [6.07, 6.45) is 6.46. The van der Waals surface area contributed by atoms with Crippen LogP contribution in [0.25, 0.3) is 0 Å². The molecule has 0 heterocycles. The molecule has 0 aromatic carbocycles. The Kier molecular flexibility index (Phi) is 15.3. The van der Waals surface area contributed by atoms with Crippen LogP contribution in [0, 0.1) is 5.92 Å². The van der Waals surface area contributed by atoms with Gasteiger partial charge < -0.3 is 15.5 Å². The predicted molar refractivity (Wildman–Crippen MR) is 75.3 cm³/mol. The average Bonchev–Trinajstić information content (AvgIpc) is 2.30. The lowest BCUT2D eigenvalue weighted by molar-refractivity contribution is 0.161. The monoisotopic (exact) mass is 283 g/mol. The van der Waals surface area contributed by atoms with Crippen LogP contribution in [0.2, 0.25) is 0 Å². The summed E-state index contributed by atoms with van der Waals surface area (Å²) in [6.45, 7) is 7.24. The van der Waals surface area contributed by atoms with Crippen molar-refractivity contribution < 1.29 is 18.9 Å². The van der Waals surface area contributed by atoms with Gasteiger partial charge >= 0.3 is 7.82 Å². The maximum absolute atomic E-state index is 10.4. The van der Waals surface area contributed by atoms with Gasteiger partial charge in [-0.1, -0.05) is 46.5 Å². The van der Waals surface area contributed by atoms with Gasteiger partial charge in [-0.2, -0.15) is 0 Å². The Morgan fingerprint density at radius 1 is 1.17 bits per heavy atom. The molecule has 0 aliphatic heterocycles. The van der Waals surface area contributed by atoms with Crippen LogP contribution in [-0.4, -0.2) is 22.9 Å². The van der Waals surface area contributed by atoms with Crippen molar-refractivity contribution in [2.24, 2.45) is 11.7 Å². The normalized spacial score (nSPS) is 12.8. The average molecular weight is 283 g/mol. The van der Waals surface area contributed by atoms with Gasteiger partial charge in [0.25, 0.3) is 0 Å². The molecule has 0 saturated carbocycles. The lowest BCUT2D eigenvalue weighted by Gasteiger charge is -2.14. The largest absolute Gasteiger partial charge is 0.469 e. The second-order valence-electron chi connectivity index (χ2n) is 4.35. The van der Waals surface area contributed by atoms with Gasteiger partial charge in [0.15, 0.2) is 0 Å². The fraction of sp³-hybridized carbons (Fsp3) is 1.00. The van der Waals surface area contributed by atoms with E-state index >= 15 is 0 Å². The summed E-state index contributed by atoms with van der Waals surface area (Å²) < 4.78 is 14.8. The van der Waals surface area contributed by atoms with Gasteiger partial charge in [0, 0.05) is 0 Å². The first-order valence-corrected chi connectivity index (χ1v) is 8.34. The minimum atomic E-state index is -4.26. The number of hydrogen-bond donors (Lipinski definition) is 3. The molecule has 0 bridgehead atoms. The molecule has 0 radical (unpaired) electrons. The van der Waals surface area contributed by atoms with E-state index in [1.54, 1.807) is 0 Å². The minimum absolute atomic E-state index is 0.167. The molecule has 0 amide bonds. The zero-order valence-electron chi connectivity index (χ0n) is 12.0. The standard InChI is InChI=1S/C8H19O4P.C4H11N/c1-3-5-6-8(4-2)7-12-13(9,10)11;1-2-3-4-5/h8H,3-7H2,1-2H3,(H2,9,10,11);2-5H2,1H3. The highest BCUT2D eigenvalue weighted by Gasteiger charge is 2.16. The molecular weight excluding hydrogens is 253 g/mol. The second-order valence-corrected chi connectivity index (χ2v) is 5.58. The van der Waals surface area contributed by atoms with Gasteiger partial charge in [-0.3, -0.25) is 4.52 Å². The summed E-state index contributed by atoms with van der Waals surface area (Å²) in [6, 6.07) is 0. The summed E-state index contributed by atoms with van der Waals surface area (Å²) in [7, 11) is -4.26. The van der Waals surface area contributed by atoms with Crippen LogP contribution in [0.5, 0.6) is 0 Å². The Morgan fingerprint density at radius 3 is 2.00 bits per heavy atom. The highest BCUT2D eigenvalue weighted by molar-refractivity contribution is 7.46. The van der Waals surface area contributed by atoms with Crippen molar-refractivity contribution in [1.82, 2.24) is 0 Å². The van der Waals surface area contributed by atoms with Crippen molar-refractivity contribution in [2.45, 2.75) is 59.3 Å². The van der Waals surface area contributed by atoms with E-state index < -0.39 is 7.82 Å². The van der Waals surface area contributed by atoms with E-state index in [1.807, 2.05) is 6.92 Å². The van der Waals surface area contributed by atoms with Gasteiger partial charge in [0.2, 0.25) is 0 Å². The number of phosphoric acid groups is 1. The Morgan fingerprint density at radius 2 is 1.72 bits per heavy atom. The molecule has 4 N–H and O–H groups in total. The van der Waals surface area contributed by atoms with Crippen LogP contribution in [0.3, 0.4) is 0 Å². The second kappa shape index (κ2) is 13.5. The van der Waals surface area contributed by atoms with E-state index in [-0.39, 0.29) is 12.5 Å². The maximum Gasteiger partial charge on any atom is 0.469 e. The predicted octanol–water partition coefficient (Wildman–Crippen LogP) is 3.06. The molecule has 6 heteroatoms. The molecule has 0 aliphatic rings. The number of unbranched alkanes of at least 4 members (excludes halogenated alkanes) is 2. The SMILES string of the molecule is CCCCC(CC)COP(=O)(O)O.CCCCN. The lowest BCUT2D eigenvalue weighted by Crippen LogP contribution is -2.07. The van der Waals surface area contributed by atoms with E-state index in [9.17, 15) is 4.57 Å². The molecule has 1 atom stereocenters. The van der Waals surface area contributed by atoms with Crippen molar-refractivity contribution in [3.8, 4) is 0 Å². The summed E-state index contributed by atoms with van der Waals surface area (Å²) in [5.41, 5.74) is 5.14. The molecular formula is C12H30NO4P. The molecule has 0 spiro atoms. The van der Waals surface area contributed by atoms with Gasteiger partial charge in [0.05, 0.1) is 6.61 Å². The molecule has 0 aromatic heterocycles. The zero-order chi connectivity index (χ0) is 14.4. The first kappa shape index (κ1) is 20.4. The topological polar surface area (TPSA) is 92.8 Å². The van der Waals surface area contributed by atoms with E-state index in [0.717, 1.165) is 32.2 Å². The van der Waals surface area contributed by atoms with Crippen LogP contribution in [0.4, 0.5) is 0 Å². The molecule has 18 heavy (non-hydrogen) atoms. The van der Waals surface area contributed by atoms with Crippen LogP contribution >= 0.6 is 7.82 Å². The van der Waals surface area contributed by atoms with E-state index in [0.29, 0.717) is 0 Å². The molecule has 0 rings (SSSR count). The molecule has 1 unspecified atom stereocenters. The van der Waals surface area contributed by atoms with Gasteiger partial charge in [-0.05, 0) is 25.3 Å². The number of phosphoric ester groups is 1. The van der Waals surface area contributed by atoms with Crippen LogP contribution < -0.4 is 5.73 Å². The third kappa shape index (κ3) is 18.4. The zero-order valence-corrected chi connectivity index (χ0v) is 12.9. The minimum Gasteiger partial charge on any atom is -0.330 e.